The number of carbonyl (C=O) groups is 1. The highest BCUT2D eigenvalue weighted by Crippen LogP contribution is 2.40. The van der Waals surface area contributed by atoms with Crippen LogP contribution in [0.15, 0.2) is 41.1 Å². The Hall–Kier alpha value is -2.14. The maximum atomic E-state index is 13.1. The van der Waals surface area contributed by atoms with Crippen LogP contribution in [0, 0.1) is 5.41 Å². The first-order valence-corrected chi connectivity index (χ1v) is 9.60. The van der Waals surface area contributed by atoms with Gasteiger partial charge in [-0.15, -0.1) is 0 Å². The van der Waals surface area contributed by atoms with Gasteiger partial charge in [0, 0.05) is 42.9 Å². The summed E-state index contributed by atoms with van der Waals surface area (Å²) in [6.07, 6.45) is 6.84. The normalized spacial score (nSPS) is 23.9. The van der Waals surface area contributed by atoms with Gasteiger partial charge in [-0.25, -0.2) is 0 Å². The second-order valence-electron chi connectivity index (χ2n) is 8.05. The van der Waals surface area contributed by atoms with Gasteiger partial charge < -0.3 is 14.2 Å². The van der Waals surface area contributed by atoms with Crippen LogP contribution in [-0.2, 0) is 0 Å². The van der Waals surface area contributed by atoms with Crippen LogP contribution in [0.3, 0.4) is 0 Å². The van der Waals surface area contributed by atoms with E-state index in [1.54, 1.807) is 12.5 Å². The van der Waals surface area contributed by atoms with Crippen LogP contribution < -0.4 is 0 Å². The summed E-state index contributed by atoms with van der Waals surface area (Å²) >= 11 is 0. The molecule has 0 N–H and O–H groups in total. The second-order valence-corrected chi connectivity index (χ2v) is 8.05. The minimum absolute atomic E-state index is 0.113. The summed E-state index contributed by atoms with van der Waals surface area (Å²) in [6, 6.07) is 7.94. The molecule has 2 fully saturated rings. The third-order valence-electron chi connectivity index (χ3n) is 5.93. The number of hydrogen-bond donors (Lipinski definition) is 0. The van der Waals surface area contributed by atoms with Crippen LogP contribution in [-0.4, -0.2) is 52.9 Å². The van der Waals surface area contributed by atoms with Crippen LogP contribution >= 0.6 is 0 Å². The smallest absolute Gasteiger partial charge is 0.254 e. The molecule has 1 unspecified atom stereocenters. The Morgan fingerprint density at radius 2 is 2.12 bits per heavy atom. The van der Waals surface area contributed by atoms with Gasteiger partial charge in [0.15, 0.2) is 5.76 Å². The molecule has 1 atom stereocenters. The van der Waals surface area contributed by atoms with E-state index in [1.807, 2.05) is 24.3 Å². The van der Waals surface area contributed by atoms with Crippen molar-refractivity contribution in [1.29, 1.82) is 0 Å². The van der Waals surface area contributed by atoms with Crippen LogP contribution in [0.5, 0.6) is 0 Å². The van der Waals surface area contributed by atoms with Crippen molar-refractivity contribution in [1.82, 2.24) is 14.8 Å². The predicted octanol–water partition coefficient (Wildman–Crippen LogP) is 3.68. The van der Waals surface area contributed by atoms with Crippen LogP contribution in [0.2, 0.25) is 0 Å². The van der Waals surface area contributed by atoms with Crippen molar-refractivity contribution < 1.29 is 9.21 Å². The van der Waals surface area contributed by atoms with Crippen molar-refractivity contribution in [3.63, 3.8) is 0 Å². The van der Waals surface area contributed by atoms with Crippen molar-refractivity contribution >= 4 is 5.91 Å². The van der Waals surface area contributed by atoms with E-state index < -0.39 is 0 Å². The van der Waals surface area contributed by atoms with Crippen molar-refractivity contribution in [2.24, 2.45) is 5.41 Å². The van der Waals surface area contributed by atoms with Gasteiger partial charge in [0.1, 0.15) is 5.69 Å². The number of aromatic nitrogens is 1. The standard InChI is InChI=1S/C21H27N3O2/c1-16(2)23-11-8-21(14-23)7-4-10-24(15-21)20(25)17-6-9-22-18(13-17)19-5-3-12-26-19/h3,5-6,9,12-13,16H,4,7-8,10-11,14-15H2,1-2H3. The van der Waals surface area contributed by atoms with E-state index in [4.69, 9.17) is 4.42 Å². The fourth-order valence-electron chi connectivity index (χ4n) is 4.43. The average Bonchev–Trinajstić information content (AvgIpc) is 3.32. The molecule has 2 aromatic heterocycles. The molecule has 1 amide bonds. The Kier molecular flexibility index (Phi) is 4.57. The number of nitrogens with zero attached hydrogens (tertiary/aromatic N) is 3. The number of furan rings is 1. The van der Waals surface area contributed by atoms with Gasteiger partial charge >= 0.3 is 0 Å². The quantitative estimate of drug-likeness (QED) is 0.845. The van der Waals surface area contributed by atoms with E-state index in [-0.39, 0.29) is 11.3 Å². The van der Waals surface area contributed by atoms with Crippen molar-refractivity contribution in [2.75, 3.05) is 26.2 Å². The largest absolute Gasteiger partial charge is 0.463 e. The first-order valence-electron chi connectivity index (χ1n) is 9.60. The van der Waals surface area contributed by atoms with E-state index in [2.05, 4.69) is 28.6 Å². The minimum Gasteiger partial charge on any atom is -0.463 e. The van der Waals surface area contributed by atoms with Gasteiger partial charge in [0.25, 0.3) is 5.91 Å². The van der Waals surface area contributed by atoms with Crippen molar-refractivity contribution in [3.05, 3.63) is 42.3 Å². The molecule has 138 valence electrons. The molecule has 1 spiro atoms. The molecule has 0 aromatic carbocycles. The molecular formula is C21H27N3O2. The van der Waals surface area contributed by atoms with Gasteiger partial charge in [-0.1, -0.05) is 0 Å². The van der Waals surface area contributed by atoms with Crippen molar-refractivity contribution in [2.45, 2.75) is 39.2 Å². The zero-order valence-electron chi connectivity index (χ0n) is 15.6. The summed E-state index contributed by atoms with van der Waals surface area (Å²) in [6.45, 7) is 8.50. The molecule has 0 saturated carbocycles. The maximum absolute atomic E-state index is 13.1. The van der Waals surface area contributed by atoms with E-state index in [1.165, 1.54) is 12.8 Å². The summed E-state index contributed by atoms with van der Waals surface area (Å²) < 4.78 is 5.42. The number of piperidine rings is 1. The molecule has 5 heteroatoms. The molecule has 5 nitrogen and oxygen atoms in total. The second kappa shape index (κ2) is 6.88. The lowest BCUT2D eigenvalue weighted by atomic mass is 9.79. The zero-order valence-corrected chi connectivity index (χ0v) is 15.6. The Bertz CT molecular complexity index is 771. The molecule has 2 aliphatic rings. The monoisotopic (exact) mass is 353 g/mol. The number of rotatable bonds is 3. The van der Waals surface area contributed by atoms with E-state index in [0.29, 0.717) is 23.1 Å². The molecule has 0 aliphatic carbocycles. The van der Waals surface area contributed by atoms with E-state index >= 15 is 0 Å². The van der Waals surface area contributed by atoms with Gasteiger partial charge in [-0.2, -0.15) is 0 Å². The maximum Gasteiger partial charge on any atom is 0.254 e. The van der Waals surface area contributed by atoms with Crippen molar-refractivity contribution in [3.8, 4) is 11.5 Å². The summed E-state index contributed by atoms with van der Waals surface area (Å²) in [5.41, 5.74) is 1.68. The van der Waals surface area contributed by atoms with Gasteiger partial charge in [-0.05, 0) is 63.9 Å². The molecule has 2 aliphatic heterocycles. The Morgan fingerprint density at radius 1 is 1.23 bits per heavy atom. The lowest BCUT2D eigenvalue weighted by Gasteiger charge is -2.41. The third kappa shape index (κ3) is 3.28. The highest BCUT2D eigenvalue weighted by molar-refractivity contribution is 5.95. The summed E-state index contributed by atoms with van der Waals surface area (Å²) in [5.74, 6) is 0.806. The molecule has 0 radical (unpaired) electrons. The Morgan fingerprint density at radius 3 is 2.85 bits per heavy atom. The number of pyridine rings is 1. The summed E-state index contributed by atoms with van der Waals surface area (Å²) in [5, 5.41) is 0. The highest BCUT2D eigenvalue weighted by atomic mass is 16.3. The molecule has 4 rings (SSSR count). The van der Waals surface area contributed by atoms with Gasteiger partial charge in [-0.3, -0.25) is 9.78 Å². The number of hydrogen-bond acceptors (Lipinski definition) is 4. The van der Waals surface area contributed by atoms with E-state index in [0.717, 1.165) is 32.6 Å². The fraction of sp³-hybridized carbons (Fsp3) is 0.524. The van der Waals surface area contributed by atoms with Crippen LogP contribution in [0.25, 0.3) is 11.5 Å². The van der Waals surface area contributed by atoms with Gasteiger partial charge in [0.05, 0.1) is 6.26 Å². The summed E-state index contributed by atoms with van der Waals surface area (Å²) in [4.78, 5) is 22.1. The molecule has 2 saturated heterocycles. The van der Waals surface area contributed by atoms with Gasteiger partial charge in [0.2, 0.25) is 0 Å². The SMILES string of the molecule is CC(C)N1CCC2(CCCN(C(=O)c3ccnc(-c4ccco4)c3)C2)C1. The minimum atomic E-state index is 0.113. The molecule has 2 aromatic rings. The number of likely N-dealkylation sites (tertiary alicyclic amines) is 2. The number of amides is 1. The lowest BCUT2D eigenvalue weighted by molar-refractivity contribution is 0.0520. The highest BCUT2D eigenvalue weighted by Gasteiger charge is 2.43. The summed E-state index contributed by atoms with van der Waals surface area (Å²) in [7, 11) is 0. The molecule has 26 heavy (non-hydrogen) atoms. The zero-order chi connectivity index (χ0) is 18.1. The topological polar surface area (TPSA) is 49.6 Å². The average molecular weight is 353 g/mol. The molecule has 4 heterocycles. The molecular weight excluding hydrogens is 326 g/mol. The molecule has 0 bridgehead atoms. The Labute approximate surface area is 155 Å². The third-order valence-corrected chi connectivity index (χ3v) is 5.93. The van der Waals surface area contributed by atoms with E-state index in [9.17, 15) is 4.79 Å². The lowest BCUT2D eigenvalue weighted by Crippen LogP contribution is -2.47. The first kappa shape index (κ1) is 17.3. The number of carbonyl (C=O) groups excluding carboxylic acids is 1. The predicted molar refractivity (Wildman–Crippen MR) is 101 cm³/mol. The fourth-order valence-corrected chi connectivity index (χ4v) is 4.43. The van der Waals surface area contributed by atoms with Crippen LogP contribution in [0.4, 0.5) is 0 Å². The first-order chi connectivity index (χ1) is 12.6. The van der Waals surface area contributed by atoms with Crippen LogP contribution in [0.1, 0.15) is 43.5 Å². The Balaban J connectivity index is 1.51.